The molecule has 1 aliphatic heterocycles. The van der Waals surface area contributed by atoms with E-state index in [1.54, 1.807) is 6.92 Å². The van der Waals surface area contributed by atoms with Crippen molar-refractivity contribution in [1.29, 1.82) is 0 Å². The van der Waals surface area contributed by atoms with Crippen molar-refractivity contribution in [2.45, 2.75) is 60.4 Å². The molecule has 1 amide bonds. The number of aromatic nitrogens is 2. The van der Waals surface area contributed by atoms with Crippen LogP contribution in [-0.2, 0) is 4.79 Å². The van der Waals surface area contributed by atoms with Crippen LogP contribution in [0, 0.1) is 27.7 Å². The molecule has 6 heteroatoms. The quantitative estimate of drug-likeness (QED) is 0.804. The van der Waals surface area contributed by atoms with Crippen LogP contribution >= 0.6 is 0 Å². The van der Waals surface area contributed by atoms with Gasteiger partial charge in [0.05, 0.1) is 5.69 Å². The van der Waals surface area contributed by atoms with Crippen molar-refractivity contribution in [2.75, 3.05) is 10.2 Å². The summed E-state index contributed by atoms with van der Waals surface area (Å²) < 4.78 is 0. The number of carbonyl (C=O) groups excluding carboxylic acids is 2. The Bertz CT molecular complexity index is 909. The number of Topliss-reactive ketones (excluding diaryl/α,β-unsaturated/α-hetero) is 1. The Balaban J connectivity index is 2.20. The van der Waals surface area contributed by atoms with Gasteiger partial charge in [0.25, 0.3) is 5.78 Å². The number of aryl methyl sites for hydroxylation is 4. The van der Waals surface area contributed by atoms with Gasteiger partial charge in [-0.15, -0.1) is 0 Å². The van der Waals surface area contributed by atoms with Crippen LogP contribution in [-0.4, -0.2) is 27.7 Å². The molecule has 1 aromatic carbocycles. The molecule has 0 atom stereocenters. The molecule has 1 aliphatic rings. The Hall–Kier alpha value is -2.76. The monoisotopic (exact) mass is 366 g/mol. The Labute approximate surface area is 160 Å². The van der Waals surface area contributed by atoms with Crippen LogP contribution in [0.3, 0.4) is 0 Å². The van der Waals surface area contributed by atoms with Crippen LogP contribution < -0.4 is 10.2 Å². The largest absolute Gasteiger partial charge is 0.367 e. The van der Waals surface area contributed by atoms with Crippen molar-refractivity contribution < 1.29 is 9.59 Å². The van der Waals surface area contributed by atoms with Gasteiger partial charge in [-0.25, -0.2) is 9.97 Å². The lowest BCUT2D eigenvalue weighted by Gasteiger charge is -2.22. The summed E-state index contributed by atoms with van der Waals surface area (Å²) in [6, 6.07) is 4.20. The summed E-state index contributed by atoms with van der Waals surface area (Å²) in [6.07, 6.45) is 1.80. The molecule has 3 rings (SSSR count). The summed E-state index contributed by atoms with van der Waals surface area (Å²) >= 11 is 0. The Morgan fingerprint density at radius 3 is 2.15 bits per heavy atom. The summed E-state index contributed by atoms with van der Waals surface area (Å²) in [6.45, 7) is 11.8. The number of nitrogens with zero attached hydrogens (tertiary/aromatic N) is 3. The fraction of sp³-hybridized carbons (Fsp3) is 0.429. The van der Waals surface area contributed by atoms with Crippen molar-refractivity contribution in [3.8, 4) is 0 Å². The zero-order valence-corrected chi connectivity index (χ0v) is 16.8. The van der Waals surface area contributed by atoms with E-state index in [1.807, 2.05) is 32.9 Å². The Kier molecular flexibility index (Phi) is 5.00. The van der Waals surface area contributed by atoms with Crippen LogP contribution in [0.4, 0.5) is 17.3 Å². The van der Waals surface area contributed by atoms with Gasteiger partial charge in [-0.3, -0.25) is 14.5 Å². The molecule has 6 nitrogen and oxygen atoms in total. The van der Waals surface area contributed by atoms with E-state index in [0.717, 1.165) is 35.2 Å². The number of anilines is 3. The molecule has 0 unspecified atom stereocenters. The van der Waals surface area contributed by atoms with Crippen LogP contribution in [0.25, 0.3) is 0 Å². The minimum Gasteiger partial charge on any atom is -0.367 e. The lowest BCUT2D eigenvalue weighted by atomic mass is 10.0. The van der Waals surface area contributed by atoms with Gasteiger partial charge in [0.1, 0.15) is 17.2 Å². The highest BCUT2D eigenvalue weighted by atomic mass is 16.2. The second-order valence-corrected chi connectivity index (χ2v) is 7.19. The van der Waals surface area contributed by atoms with Crippen molar-refractivity contribution in [2.24, 2.45) is 0 Å². The number of benzene rings is 1. The first-order valence-electron chi connectivity index (χ1n) is 9.40. The maximum atomic E-state index is 12.9. The van der Waals surface area contributed by atoms with Gasteiger partial charge < -0.3 is 5.32 Å². The van der Waals surface area contributed by atoms with Crippen molar-refractivity contribution in [1.82, 2.24) is 9.97 Å². The third-order valence-electron chi connectivity index (χ3n) is 5.02. The zero-order valence-electron chi connectivity index (χ0n) is 16.8. The lowest BCUT2D eigenvalue weighted by molar-refractivity contribution is -0.113. The molecule has 0 fully saturated rings. The Morgan fingerprint density at radius 2 is 1.59 bits per heavy atom. The van der Waals surface area contributed by atoms with Gasteiger partial charge >= 0.3 is 5.91 Å². The second kappa shape index (κ2) is 7.10. The van der Waals surface area contributed by atoms with Crippen LogP contribution in [0.2, 0.25) is 0 Å². The van der Waals surface area contributed by atoms with E-state index >= 15 is 0 Å². The number of rotatable bonds is 5. The molecular formula is C21H26N4O2. The summed E-state index contributed by atoms with van der Waals surface area (Å²) in [5.41, 5.74) is 3.99. The zero-order chi connectivity index (χ0) is 19.9. The minimum atomic E-state index is -0.576. The van der Waals surface area contributed by atoms with Gasteiger partial charge in [0, 0.05) is 6.04 Å². The summed E-state index contributed by atoms with van der Waals surface area (Å²) in [5.74, 6) is 0.220. The van der Waals surface area contributed by atoms with Crippen molar-refractivity contribution in [3.63, 3.8) is 0 Å². The number of fused-ring (bicyclic) bond motifs is 1. The van der Waals surface area contributed by atoms with Crippen LogP contribution in [0.5, 0.6) is 0 Å². The molecular weight excluding hydrogens is 340 g/mol. The molecule has 0 spiro atoms. The first-order chi connectivity index (χ1) is 12.8. The average molecular weight is 366 g/mol. The third-order valence-corrected chi connectivity index (χ3v) is 5.02. The fourth-order valence-electron chi connectivity index (χ4n) is 3.76. The number of nitrogens with one attached hydrogen (secondary N) is 1. The summed E-state index contributed by atoms with van der Waals surface area (Å²) in [7, 11) is 0. The van der Waals surface area contributed by atoms with Crippen LogP contribution in [0.1, 0.15) is 59.6 Å². The molecule has 2 heterocycles. The highest BCUT2D eigenvalue weighted by molar-refractivity contribution is 6.54. The summed E-state index contributed by atoms with van der Waals surface area (Å²) in [5, 5.41) is 3.33. The second-order valence-electron chi connectivity index (χ2n) is 7.19. The van der Waals surface area contributed by atoms with E-state index in [0.29, 0.717) is 17.5 Å². The van der Waals surface area contributed by atoms with Crippen molar-refractivity contribution >= 4 is 29.0 Å². The molecule has 2 aromatic rings. The fourth-order valence-corrected chi connectivity index (χ4v) is 3.76. The highest BCUT2D eigenvalue weighted by Gasteiger charge is 2.42. The molecule has 27 heavy (non-hydrogen) atoms. The number of hydrogen-bond acceptors (Lipinski definition) is 5. The van der Waals surface area contributed by atoms with E-state index in [9.17, 15) is 9.59 Å². The predicted molar refractivity (Wildman–Crippen MR) is 107 cm³/mol. The van der Waals surface area contributed by atoms with E-state index < -0.39 is 11.7 Å². The number of carbonyl (C=O) groups is 2. The topological polar surface area (TPSA) is 75.2 Å². The predicted octanol–water partition coefficient (Wildman–Crippen LogP) is 4.17. The Morgan fingerprint density at radius 1 is 1.00 bits per heavy atom. The van der Waals surface area contributed by atoms with Gasteiger partial charge in [0.2, 0.25) is 0 Å². The molecule has 1 aromatic heterocycles. The van der Waals surface area contributed by atoms with Crippen LogP contribution in [0.15, 0.2) is 12.1 Å². The van der Waals surface area contributed by atoms with E-state index in [2.05, 4.69) is 29.1 Å². The molecule has 0 aliphatic carbocycles. The lowest BCUT2D eigenvalue weighted by Crippen LogP contribution is -2.26. The normalized spacial score (nSPS) is 13.5. The molecule has 0 radical (unpaired) electrons. The number of amides is 1. The highest BCUT2D eigenvalue weighted by Crippen LogP contribution is 2.40. The maximum absolute atomic E-state index is 12.9. The van der Waals surface area contributed by atoms with Gasteiger partial charge in [-0.2, -0.15) is 0 Å². The van der Waals surface area contributed by atoms with Crippen molar-refractivity contribution in [3.05, 3.63) is 40.2 Å². The molecule has 0 bridgehead atoms. The SMILES string of the molecule is CCC(CC)Nc1nc(C)nc2c1C(=O)C(=O)N2c1c(C)cc(C)cc1C. The summed E-state index contributed by atoms with van der Waals surface area (Å²) in [4.78, 5) is 36.1. The minimum absolute atomic E-state index is 0.184. The smallest absolute Gasteiger partial charge is 0.305 e. The maximum Gasteiger partial charge on any atom is 0.305 e. The molecule has 1 N–H and O–H groups in total. The third kappa shape index (κ3) is 3.20. The van der Waals surface area contributed by atoms with Gasteiger partial charge in [-0.05, 0) is 51.7 Å². The number of ketones is 1. The van der Waals surface area contributed by atoms with Gasteiger partial charge in [-0.1, -0.05) is 31.5 Å². The average Bonchev–Trinajstić information content (AvgIpc) is 2.83. The standard InChI is InChI=1S/C21H26N4O2/c1-7-15(8-2)24-19-16-18(26)21(27)25(20(16)23-14(6)22-19)17-12(4)9-11(3)10-13(17)5/h9-10,15H,7-8H2,1-6H3,(H,22,23,24). The van der Waals surface area contributed by atoms with E-state index in [-0.39, 0.29) is 11.6 Å². The molecule has 0 saturated heterocycles. The first-order valence-corrected chi connectivity index (χ1v) is 9.40. The molecule has 142 valence electrons. The van der Waals surface area contributed by atoms with Gasteiger partial charge in [0.15, 0.2) is 5.82 Å². The van der Waals surface area contributed by atoms with E-state index in [4.69, 9.17) is 0 Å². The first kappa shape index (κ1) is 19.0. The number of hydrogen-bond donors (Lipinski definition) is 1. The van der Waals surface area contributed by atoms with E-state index in [1.165, 1.54) is 4.90 Å². The molecule has 0 saturated carbocycles.